The van der Waals surface area contributed by atoms with Crippen LogP contribution in [0.5, 0.6) is 0 Å². The van der Waals surface area contributed by atoms with E-state index in [0.717, 1.165) is 25.0 Å². The third-order valence-electron chi connectivity index (χ3n) is 6.72. The summed E-state index contributed by atoms with van der Waals surface area (Å²) in [5.74, 6) is -1.87. The van der Waals surface area contributed by atoms with Crippen LogP contribution in [0, 0.1) is 23.4 Å². The number of ether oxygens (including phenoxy) is 1. The minimum atomic E-state index is -0.946. The number of fused-ring (bicyclic) bond motifs is 1. The summed E-state index contributed by atoms with van der Waals surface area (Å²) in [4.78, 5) is 28.1. The fraction of sp³-hybridized carbons (Fsp3) is 0.379. The molecule has 1 fully saturated rings. The lowest BCUT2D eigenvalue weighted by Crippen LogP contribution is -2.43. The summed E-state index contributed by atoms with van der Waals surface area (Å²) in [5.41, 5.74) is 0.904. The van der Waals surface area contributed by atoms with Crippen molar-refractivity contribution in [3.8, 4) is 11.4 Å². The first-order valence-electron chi connectivity index (χ1n) is 13.3. The molecule has 0 aliphatic carbocycles. The van der Waals surface area contributed by atoms with Crippen molar-refractivity contribution in [2.75, 3.05) is 18.4 Å². The molecule has 1 unspecified atom stereocenters. The first-order valence-corrected chi connectivity index (χ1v) is 13.7. The molecule has 3 heterocycles. The number of carbonyl (C=O) groups is 1. The number of carbonyl (C=O) groups excluding carboxylic acids is 1. The van der Waals surface area contributed by atoms with Crippen LogP contribution in [0.1, 0.15) is 39.2 Å². The smallest absolute Gasteiger partial charge is 0.410 e. The van der Waals surface area contributed by atoms with E-state index >= 15 is 4.39 Å². The molecule has 41 heavy (non-hydrogen) atoms. The Bertz CT molecular complexity index is 1570. The van der Waals surface area contributed by atoms with Gasteiger partial charge in [-0.3, -0.25) is 0 Å². The number of rotatable bonds is 6. The molecule has 2 aromatic carbocycles. The number of nitrogens with zero attached hydrogens (tertiary/aromatic N) is 5. The van der Waals surface area contributed by atoms with Gasteiger partial charge in [-0.2, -0.15) is 4.98 Å². The number of piperidine rings is 1. The first kappa shape index (κ1) is 28.7. The third-order valence-corrected chi connectivity index (χ3v) is 7.04. The highest BCUT2D eigenvalue weighted by molar-refractivity contribution is 6.33. The van der Waals surface area contributed by atoms with Crippen molar-refractivity contribution < 1.29 is 22.7 Å². The van der Waals surface area contributed by atoms with Crippen LogP contribution in [0.4, 0.5) is 23.9 Å². The number of benzene rings is 2. The van der Waals surface area contributed by atoms with Crippen LogP contribution in [0.25, 0.3) is 22.6 Å². The number of hydrogen-bond acceptors (Lipinski definition) is 6. The molecule has 216 valence electrons. The molecule has 8 nitrogen and oxygen atoms in total. The van der Waals surface area contributed by atoms with Crippen molar-refractivity contribution in [1.29, 1.82) is 0 Å². The van der Waals surface area contributed by atoms with Gasteiger partial charge in [0.05, 0.1) is 16.8 Å². The summed E-state index contributed by atoms with van der Waals surface area (Å²) in [6, 6.07) is 8.05. The summed E-state index contributed by atoms with van der Waals surface area (Å²) < 4.78 is 49.4. The summed E-state index contributed by atoms with van der Waals surface area (Å²) in [5, 5.41) is 3.22. The summed E-state index contributed by atoms with van der Waals surface area (Å²) >= 11 is 6.44. The first-order chi connectivity index (χ1) is 19.5. The largest absolute Gasteiger partial charge is 0.444 e. The molecule has 1 amide bonds. The van der Waals surface area contributed by atoms with Gasteiger partial charge in [-0.05, 0) is 69.4 Å². The number of likely N-dealkylation sites (tertiary alicyclic amines) is 1. The number of amides is 1. The number of nitrogens with one attached hydrogen (secondary N) is 1. The predicted octanol–water partition coefficient (Wildman–Crippen LogP) is 6.82. The number of hydrogen-bond donors (Lipinski definition) is 1. The van der Waals surface area contributed by atoms with Crippen LogP contribution >= 0.6 is 11.6 Å². The maximum Gasteiger partial charge on any atom is 0.410 e. The molecule has 1 saturated heterocycles. The third kappa shape index (κ3) is 6.56. The van der Waals surface area contributed by atoms with E-state index in [-0.39, 0.29) is 35.1 Å². The Labute approximate surface area is 240 Å². The Balaban J connectivity index is 1.48. The maximum absolute atomic E-state index is 15.1. The van der Waals surface area contributed by atoms with E-state index in [0.29, 0.717) is 42.2 Å². The molecule has 0 bridgehead atoms. The lowest BCUT2D eigenvalue weighted by Gasteiger charge is -2.34. The second-order valence-electron chi connectivity index (χ2n) is 11.1. The topological polar surface area (TPSA) is 85.2 Å². The number of anilines is 1. The van der Waals surface area contributed by atoms with Gasteiger partial charge in [0.15, 0.2) is 17.3 Å². The molecule has 12 heteroatoms. The zero-order chi connectivity index (χ0) is 29.3. The molecule has 0 saturated carbocycles. The molecule has 0 spiro atoms. The van der Waals surface area contributed by atoms with Crippen molar-refractivity contribution in [3.63, 3.8) is 0 Å². The second kappa shape index (κ2) is 11.6. The van der Waals surface area contributed by atoms with E-state index < -0.39 is 23.1 Å². The van der Waals surface area contributed by atoms with Gasteiger partial charge in [-0.1, -0.05) is 23.7 Å². The van der Waals surface area contributed by atoms with Gasteiger partial charge in [0, 0.05) is 26.2 Å². The minimum absolute atomic E-state index is 0.00605. The fourth-order valence-electron chi connectivity index (χ4n) is 4.87. The van der Waals surface area contributed by atoms with Gasteiger partial charge in [0.1, 0.15) is 22.8 Å². The van der Waals surface area contributed by atoms with E-state index in [4.69, 9.17) is 16.3 Å². The van der Waals surface area contributed by atoms with Gasteiger partial charge in [-0.25, -0.2) is 27.9 Å². The van der Waals surface area contributed by atoms with Crippen LogP contribution in [-0.2, 0) is 17.8 Å². The zero-order valence-electron chi connectivity index (χ0n) is 22.9. The fourth-order valence-corrected chi connectivity index (χ4v) is 5.12. The van der Waals surface area contributed by atoms with Gasteiger partial charge in [-0.15, -0.1) is 0 Å². The molecule has 1 atom stereocenters. The molecule has 0 radical (unpaired) electrons. The van der Waals surface area contributed by atoms with Gasteiger partial charge >= 0.3 is 6.09 Å². The average molecular weight is 587 g/mol. The van der Waals surface area contributed by atoms with Crippen molar-refractivity contribution in [1.82, 2.24) is 24.4 Å². The van der Waals surface area contributed by atoms with Gasteiger partial charge in [0.25, 0.3) is 0 Å². The Kier molecular flexibility index (Phi) is 8.08. The highest BCUT2D eigenvalue weighted by Gasteiger charge is 2.30. The lowest BCUT2D eigenvalue weighted by molar-refractivity contribution is 0.0158. The van der Waals surface area contributed by atoms with Crippen molar-refractivity contribution >= 4 is 34.8 Å². The van der Waals surface area contributed by atoms with Crippen LogP contribution < -0.4 is 5.32 Å². The van der Waals surface area contributed by atoms with Crippen LogP contribution in [0.15, 0.2) is 42.6 Å². The highest BCUT2D eigenvalue weighted by atomic mass is 35.5. The maximum atomic E-state index is 15.1. The standard InChI is InChI=1S/C29H30ClF3N6O2/c1-29(2,3)41-28(40)38-11-5-6-18(15-38)16-39-25-23(36-26(39)24-19(30)7-4-8-21(24)32)14-35-27(37-25)34-13-17-9-10-20(31)22(33)12-17/h4,7-10,12,14,18H,5-6,11,13,15-16H2,1-3H3,(H,34,35,37). The molecule has 2 aromatic heterocycles. The van der Waals surface area contributed by atoms with Crippen molar-refractivity contribution in [2.24, 2.45) is 5.92 Å². The van der Waals surface area contributed by atoms with Crippen LogP contribution in [0.3, 0.4) is 0 Å². The zero-order valence-corrected chi connectivity index (χ0v) is 23.7. The SMILES string of the molecule is CC(C)(C)OC(=O)N1CCCC(Cn2c(-c3c(F)cccc3Cl)nc3cnc(NCc4ccc(F)c(F)c4)nc32)C1. The Hall–Kier alpha value is -3.86. The molecule has 1 aliphatic heterocycles. The molecular formula is C29H30ClF3N6O2. The molecule has 1 N–H and O–H groups in total. The van der Waals surface area contributed by atoms with E-state index in [9.17, 15) is 13.6 Å². The van der Waals surface area contributed by atoms with Crippen LogP contribution in [-0.4, -0.2) is 49.2 Å². The summed E-state index contributed by atoms with van der Waals surface area (Å²) in [7, 11) is 0. The lowest BCUT2D eigenvalue weighted by atomic mass is 9.98. The van der Waals surface area contributed by atoms with Gasteiger partial charge < -0.3 is 19.5 Å². The predicted molar refractivity (Wildman–Crippen MR) is 150 cm³/mol. The average Bonchev–Trinajstić information content (AvgIpc) is 3.25. The van der Waals surface area contributed by atoms with E-state index in [1.54, 1.807) is 15.5 Å². The summed E-state index contributed by atoms with van der Waals surface area (Å²) in [6.07, 6.45) is 2.75. The van der Waals surface area contributed by atoms with Gasteiger partial charge in [0.2, 0.25) is 5.95 Å². The number of aromatic nitrogens is 4. The Morgan fingerprint density at radius 1 is 1.12 bits per heavy atom. The van der Waals surface area contributed by atoms with Crippen molar-refractivity contribution in [3.05, 3.63) is 70.6 Å². The number of imidazole rings is 1. The molecule has 5 rings (SSSR count). The molecule has 4 aromatic rings. The molecular weight excluding hydrogens is 557 g/mol. The number of halogens is 4. The van der Waals surface area contributed by atoms with E-state index in [1.807, 2.05) is 20.8 Å². The molecule has 1 aliphatic rings. The van der Waals surface area contributed by atoms with E-state index in [1.165, 1.54) is 24.4 Å². The Morgan fingerprint density at radius 2 is 1.93 bits per heavy atom. The second-order valence-corrected chi connectivity index (χ2v) is 11.5. The van der Waals surface area contributed by atoms with Crippen LogP contribution in [0.2, 0.25) is 5.02 Å². The normalized spacial score (nSPS) is 15.8. The summed E-state index contributed by atoms with van der Waals surface area (Å²) in [6.45, 7) is 7.05. The van der Waals surface area contributed by atoms with Crippen molar-refractivity contribution in [2.45, 2.75) is 52.3 Å². The quantitative estimate of drug-likeness (QED) is 0.267. The van der Waals surface area contributed by atoms with E-state index in [2.05, 4.69) is 20.3 Å². The Morgan fingerprint density at radius 3 is 2.66 bits per heavy atom. The monoisotopic (exact) mass is 586 g/mol. The highest BCUT2D eigenvalue weighted by Crippen LogP contribution is 2.34. The minimum Gasteiger partial charge on any atom is -0.444 e.